The number of ketones is 1. The first kappa shape index (κ1) is 42.7. The number of carbonyl (C=O) groups is 2. The van der Waals surface area contributed by atoms with Gasteiger partial charge in [-0.15, -0.1) is 0 Å². The van der Waals surface area contributed by atoms with E-state index in [1.54, 1.807) is 36.3 Å². The van der Waals surface area contributed by atoms with Crippen molar-refractivity contribution in [2.45, 2.75) is 129 Å². The van der Waals surface area contributed by atoms with Crippen molar-refractivity contribution in [2.24, 2.45) is 23.2 Å². The van der Waals surface area contributed by atoms with Crippen molar-refractivity contribution in [2.75, 3.05) is 13.7 Å². The maximum absolute atomic E-state index is 14.8. The highest BCUT2D eigenvalue weighted by Gasteiger charge is 2.58. The van der Waals surface area contributed by atoms with E-state index < -0.39 is 17.1 Å². The number of carbonyl (C=O) groups excluding carboxylic acids is 2. The molecule has 0 aromatic heterocycles. The average molecular weight is 800 g/mol. The summed E-state index contributed by atoms with van der Waals surface area (Å²) in [7, 11) is 1.61. The van der Waals surface area contributed by atoms with Crippen LogP contribution in [0, 0.1) is 23.2 Å². The minimum Gasteiger partial charge on any atom is -0.497 e. The van der Waals surface area contributed by atoms with E-state index in [1.807, 2.05) is 24.3 Å². The molecule has 0 spiro atoms. The van der Waals surface area contributed by atoms with Crippen molar-refractivity contribution >= 4 is 22.6 Å². The molecule has 1 amide bonds. The number of hydrogen-bond acceptors (Lipinski definition) is 6. The number of aliphatic hydroxyl groups is 2. The monoisotopic (exact) mass is 799 g/mol. The molecule has 4 aromatic rings. The van der Waals surface area contributed by atoms with Crippen molar-refractivity contribution in [1.82, 2.24) is 4.90 Å². The van der Waals surface area contributed by atoms with Gasteiger partial charge in [-0.25, -0.2) is 4.79 Å². The third kappa shape index (κ3) is 9.17. The third-order valence-corrected chi connectivity index (χ3v) is 14.4. The normalized spacial score (nSPS) is 27.5. The average Bonchev–Trinajstić information content (AvgIpc) is 3.47. The van der Waals surface area contributed by atoms with Crippen molar-refractivity contribution in [3.63, 3.8) is 0 Å². The molecular weight excluding hydrogens is 735 g/mol. The van der Waals surface area contributed by atoms with Gasteiger partial charge in [0.25, 0.3) is 0 Å². The summed E-state index contributed by atoms with van der Waals surface area (Å²) in [5.74, 6) is 1.54. The van der Waals surface area contributed by atoms with E-state index in [1.165, 1.54) is 5.57 Å². The quantitative estimate of drug-likeness (QED) is 0.129. The van der Waals surface area contributed by atoms with E-state index in [9.17, 15) is 19.8 Å². The maximum atomic E-state index is 14.8. The molecule has 0 heterocycles. The lowest BCUT2D eigenvalue weighted by molar-refractivity contribution is -0.0875. The predicted molar refractivity (Wildman–Crippen MR) is 236 cm³/mol. The van der Waals surface area contributed by atoms with Crippen LogP contribution < -0.4 is 4.74 Å². The Labute approximate surface area is 351 Å². The molecule has 59 heavy (non-hydrogen) atoms. The van der Waals surface area contributed by atoms with Crippen LogP contribution in [0.3, 0.4) is 0 Å². The fourth-order valence-electron chi connectivity index (χ4n) is 10.7. The molecule has 7 atom stereocenters. The smallest absolute Gasteiger partial charge is 0.410 e. The Morgan fingerprint density at radius 2 is 1.69 bits per heavy atom. The molecule has 0 radical (unpaired) electrons. The van der Waals surface area contributed by atoms with E-state index in [0.29, 0.717) is 67.4 Å². The van der Waals surface area contributed by atoms with Crippen molar-refractivity contribution in [3.8, 4) is 5.75 Å². The molecule has 7 heteroatoms. The van der Waals surface area contributed by atoms with Crippen molar-refractivity contribution < 1.29 is 29.3 Å². The van der Waals surface area contributed by atoms with Crippen molar-refractivity contribution in [3.05, 3.63) is 124 Å². The maximum Gasteiger partial charge on any atom is 0.410 e. The Morgan fingerprint density at radius 3 is 2.46 bits per heavy atom. The van der Waals surface area contributed by atoms with Crippen LogP contribution in [0.1, 0.15) is 131 Å². The zero-order valence-corrected chi connectivity index (χ0v) is 36.1. The number of amides is 1. The van der Waals surface area contributed by atoms with Crippen LogP contribution in [-0.4, -0.2) is 58.5 Å². The summed E-state index contributed by atoms with van der Waals surface area (Å²) in [6.07, 6.45) is 8.49. The Kier molecular flexibility index (Phi) is 13.0. The summed E-state index contributed by atoms with van der Waals surface area (Å²) in [4.78, 5) is 31.2. The van der Waals surface area contributed by atoms with Crippen LogP contribution in [-0.2, 0) is 17.7 Å². The van der Waals surface area contributed by atoms with E-state index in [2.05, 4.69) is 77.1 Å². The molecule has 4 aromatic carbocycles. The van der Waals surface area contributed by atoms with Gasteiger partial charge < -0.3 is 24.6 Å². The summed E-state index contributed by atoms with van der Waals surface area (Å²) < 4.78 is 12.0. The lowest BCUT2D eigenvalue weighted by Gasteiger charge is -2.46. The summed E-state index contributed by atoms with van der Waals surface area (Å²) in [6.45, 7) is 11.4. The second-order valence-electron chi connectivity index (χ2n) is 18.7. The zero-order valence-electron chi connectivity index (χ0n) is 36.1. The molecule has 2 N–H and O–H groups in total. The Hall–Kier alpha value is -4.46. The molecule has 0 saturated heterocycles. The number of aliphatic hydroxyl groups excluding tert-OH is 1. The van der Waals surface area contributed by atoms with E-state index in [0.717, 1.165) is 59.6 Å². The first-order valence-electron chi connectivity index (χ1n) is 22.1. The van der Waals surface area contributed by atoms with Crippen LogP contribution in [0.2, 0.25) is 0 Å². The number of allylic oxidation sites excluding steroid dienone is 2. The van der Waals surface area contributed by atoms with Crippen LogP contribution in [0.5, 0.6) is 5.75 Å². The van der Waals surface area contributed by atoms with Crippen LogP contribution in [0.4, 0.5) is 4.79 Å². The van der Waals surface area contributed by atoms with Gasteiger partial charge >= 0.3 is 6.09 Å². The number of fused-ring (bicyclic) bond motifs is 9. The zero-order chi connectivity index (χ0) is 41.9. The molecule has 2 bridgehead atoms. The number of nitrogens with zero attached hydrogens (tertiary/aromatic N) is 1. The third-order valence-electron chi connectivity index (χ3n) is 14.4. The number of benzene rings is 4. The molecule has 2 saturated carbocycles. The second kappa shape index (κ2) is 18.0. The highest BCUT2D eigenvalue weighted by Crippen LogP contribution is 2.59. The van der Waals surface area contributed by atoms with Gasteiger partial charge in [-0.2, -0.15) is 0 Å². The fraction of sp³-hybridized carbons (Fsp3) is 0.500. The molecule has 8 rings (SSSR count). The fourth-order valence-corrected chi connectivity index (χ4v) is 10.7. The van der Waals surface area contributed by atoms with Crippen LogP contribution in [0.15, 0.2) is 96.6 Å². The summed E-state index contributed by atoms with van der Waals surface area (Å²) in [5.41, 5.74) is 3.17. The molecule has 4 aliphatic rings. The predicted octanol–water partition coefficient (Wildman–Crippen LogP) is 11.2. The van der Waals surface area contributed by atoms with Gasteiger partial charge in [0.15, 0.2) is 5.78 Å². The Balaban J connectivity index is 1.30. The molecule has 4 aliphatic carbocycles. The first-order chi connectivity index (χ1) is 28.3. The van der Waals surface area contributed by atoms with E-state index in [-0.39, 0.29) is 36.4 Å². The lowest BCUT2D eigenvalue weighted by Crippen LogP contribution is -2.54. The van der Waals surface area contributed by atoms with Gasteiger partial charge in [-0.3, -0.25) is 4.79 Å². The standard InChI is InChI=1S/C52H65NO6/c1-34(2)43-24-17-36(4)29-48(43)59-50(56)53(32-40-14-9-13-38-12-7-8-15-44(38)40)33-52(57)28-26-47-45-25-18-37(30-41(54)21-16-35(3)11-10-27-51(47,52)5)31-46(45)49(55)39-19-22-42(58-6)23-20-39/h7-9,11-15,18-20,22-23,25,31,34,36,41,43,47-48,54,57H,10,16-17,21,24,26-30,32-33H2,1-6H3. The molecular formula is C52H65NO6. The highest BCUT2D eigenvalue weighted by molar-refractivity contribution is 6.10. The molecule has 7 nitrogen and oxygen atoms in total. The number of ether oxygens (including phenoxy) is 2. The lowest BCUT2D eigenvalue weighted by atomic mass is 9.64. The number of methoxy groups -OCH3 is 1. The topological polar surface area (TPSA) is 96.3 Å². The highest BCUT2D eigenvalue weighted by atomic mass is 16.6. The summed E-state index contributed by atoms with van der Waals surface area (Å²) >= 11 is 0. The van der Waals surface area contributed by atoms with Gasteiger partial charge in [0, 0.05) is 23.1 Å². The van der Waals surface area contributed by atoms with E-state index >= 15 is 0 Å². The summed E-state index contributed by atoms with van der Waals surface area (Å²) in [6, 6.07) is 27.8. The van der Waals surface area contributed by atoms with Crippen LogP contribution >= 0.6 is 0 Å². The second-order valence-corrected chi connectivity index (χ2v) is 18.7. The Morgan fingerprint density at radius 1 is 0.932 bits per heavy atom. The van der Waals surface area contributed by atoms with Gasteiger partial charge in [-0.1, -0.05) is 100 Å². The summed E-state index contributed by atoms with van der Waals surface area (Å²) in [5, 5.41) is 26.7. The minimum absolute atomic E-state index is 0.0952. The molecule has 0 aliphatic heterocycles. The van der Waals surface area contributed by atoms with Gasteiger partial charge in [-0.05, 0) is 146 Å². The van der Waals surface area contributed by atoms with Crippen LogP contribution in [0.25, 0.3) is 10.8 Å². The first-order valence-corrected chi connectivity index (χ1v) is 22.1. The molecule has 2 fully saturated rings. The SMILES string of the molecule is COc1ccc(C(=O)c2cc3ccc2C2CCC(O)(CN(Cc4cccc5ccccc45)C(=O)OC4CC(C)CCC4C(C)C)C2(C)CCC=C(C)CCC(O)C3)cc1. The minimum atomic E-state index is -1.30. The van der Waals surface area contributed by atoms with Gasteiger partial charge in [0.2, 0.25) is 0 Å². The van der Waals surface area contributed by atoms with Crippen molar-refractivity contribution in [1.29, 1.82) is 0 Å². The largest absolute Gasteiger partial charge is 0.497 e. The Bertz CT molecular complexity index is 2140. The molecule has 314 valence electrons. The van der Waals surface area contributed by atoms with E-state index in [4.69, 9.17) is 9.47 Å². The number of hydrogen-bond donors (Lipinski definition) is 2. The van der Waals surface area contributed by atoms with Gasteiger partial charge in [0.05, 0.1) is 25.4 Å². The molecule has 7 unspecified atom stereocenters. The number of rotatable bonds is 9. The van der Waals surface area contributed by atoms with Gasteiger partial charge in [0.1, 0.15) is 11.9 Å².